The van der Waals surface area contributed by atoms with Crippen molar-refractivity contribution in [2.45, 2.75) is 38.8 Å². The van der Waals surface area contributed by atoms with Crippen molar-refractivity contribution in [3.63, 3.8) is 0 Å². The third kappa shape index (κ3) is 3.77. The van der Waals surface area contributed by atoms with Crippen LogP contribution < -0.4 is 5.32 Å². The monoisotopic (exact) mass is 391 g/mol. The van der Waals surface area contributed by atoms with Gasteiger partial charge in [-0.05, 0) is 40.8 Å². The molecule has 0 aliphatic carbocycles. The van der Waals surface area contributed by atoms with Gasteiger partial charge in [0.15, 0.2) is 0 Å². The van der Waals surface area contributed by atoms with Gasteiger partial charge in [-0.1, -0.05) is 57.2 Å². The summed E-state index contributed by atoms with van der Waals surface area (Å²) < 4.78 is 16.2. The highest BCUT2D eigenvalue weighted by Crippen LogP contribution is 2.34. The summed E-state index contributed by atoms with van der Waals surface area (Å²) in [6.07, 6.45) is 2.04. The topological polar surface area (TPSA) is 37.3 Å². The van der Waals surface area contributed by atoms with E-state index in [0.717, 1.165) is 11.3 Å². The average Bonchev–Trinajstić information content (AvgIpc) is 3.17. The molecule has 1 N–H and O–H groups in total. The van der Waals surface area contributed by atoms with Crippen molar-refractivity contribution in [3.05, 3.63) is 89.5 Å². The third-order valence-electron chi connectivity index (χ3n) is 5.51. The molecule has 0 fully saturated rings. The van der Waals surface area contributed by atoms with Gasteiger partial charge >= 0.3 is 6.03 Å². The van der Waals surface area contributed by atoms with Crippen molar-refractivity contribution >= 4 is 11.7 Å². The number of carbonyl (C=O) groups is 1. The number of benzene rings is 2. The maximum Gasteiger partial charge on any atom is 0.322 e. The van der Waals surface area contributed by atoms with Crippen molar-refractivity contribution in [1.29, 1.82) is 0 Å². The molecule has 4 nitrogen and oxygen atoms in total. The number of aromatic nitrogens is 1. The standard InChI is InChI=1S/C24H26FN3O/c1-24(2,3)18-12-10-17(11-13-18)22-21-9-6-14-27(21)15-16-28(22)23(29)26-20-8-5-4-7-19(20)25/h4-14,22H,15-16H2,1-3H3,(H,26,29)/t22-/m0/s1. The van der Waals surface area contributed by atoms with E-state index in [9.17, 15) is 9.18 Å². The number of carbonyl (C=O) groups excluding carboxylic acids is 1. The lowest BCUT2D eigenvalue weighted by Gasteiger charge is -2.37. The predicted molar refractivity (Wildman–Crippen MR) is 114 cm³/mol. The number of amides is 2. The molecule has 2 aromatic carbocycles. The maximum absolute atomic E-state index is 14.0. The molecule has 1 aliphatic rings. The van der Waals surface area contributed by atoms with Gasteiger partial charge < -0.3 is 14.8 Å². The molecule has 0 spiro atoms. The van der Waals surface area contributed by atoms with Crippen molar-refractivity contribution in [2.24, 2.45) is 0 Å². The first-order valence-corrected chi connectivity index (χ1v) is 9.92. The van der Waals surface area contributed by atoms with E-state index in [1.807, 2.05) is 18.3 Å². The zero-order valence-corrected chi connectivity index (χ0v) is 17.0. The summed E-state index contributed by atoms with van der Waals surface area (Å²) in [5, 5.41) is 2.74. The van der Waals surface area contributed by atoms with Gasteiger partial charge in [0.2, 0.25) is 0 Å². The van der Waals surface area contributed by atoms with Crippen LogP contribution in [0.3, 0.4) is 0 Å². The van der Waals surface area contributed by atoms with E-state index in [0.29, 0.717) is 13.1 Å². The Kier molecular flexibility index (Phi) is 4.91. The fourth-order valence-corrected chi connectivity index (χ4v) is 3.87. The van der Waals surface area contributed by atoms with Gasteiger partial charge in [-0.3, -0.25) is 0 Å². The van der Waals surface area contributed by atoms with Gasteiger partial charge in [-0.25, -0.2) is 9.18 Å². The number of hydrogen-bond acceptors (Lipinski definition) is 1. The number of fused-ring (bicyclic) bond motifs is 1. The van der Waals surface area contributed by atoms with Gasteiger partial charge in [-0.15, -0.1) is 0 Å². The number of nitrogens with one attached hydrogen (secondary N) is 1. The van der Waals surface area contributed by atoms with Crippen LogP contribution in [0.4, 0.5) is 14.9 Å². The second-order valence-electron chi connectivity index (χ2n) is 8.50. The number of hydrogen-bond donors (Lipinski definition) is 1. The first-order valence-electron chi connectivity index (χ1n) is 9.92. The second-order valence-corrected chi connectivity index (χ2v) is 8.50. The van der Waals surface area contributed by atoms with Crippen molar-refractivity contribution in [3.8, 4) is 0 Å². The number of anilines is 1. The fraction of sp³-hybridized carbons (Fsp3) is 0.292. The molecule has 150 valence electrons. The molecular weight excluding hydrogens is 365 g/mol. The lowest BCUT2D eigenvalue weighted by molar-refractivity contribution is 0.181. The minimum absolute atomic E-state index is 0.0627. The highest BCUT2D eigenvalue weighted by atomic mass is 19.1. The summed E-state index contributed by atoms with van der Waals surface area (Å²) in [6, 6.07) is 18.2. The Hall–Kier alpha value is -3.08. The van der Waals surface area contributed by atoms with Gasteiger partial charge in [-0.2, -0.15) is 0 Å². The van der Waals surface area contributed by atoms with Gasteiger partial charge in [0, 0.05) is 25.0 Å². The van der Waals surface area contributed by atoms with E-state index in [1.54, 1.807) is 23.1 Å². The Bertz CT molecular complexity index is 1020. The predicted octanol–water partition coefficient (Wildman–Crippen LogP) is 5.56. The first kappa shape index (κ1) is 19.2. The molecular formula is C24H26FN3O. The summed E-state index contributed by atoms with van der Waals surface area (Å²) in [5.41, 5.74) is 3.60. The number of nitrogens with zero attached hydrogens (tertiary/aromatic N) is 2. The summed E-state index contributed by atoms with van der Waals surface area (Å²) in [5.74, 6) is -0.438. The van der Waals surface area contributed by atoms with Gasteiger partial charge in [0.25, 0.3) is 0 Å². The maximum atomic E-state index is 14.0. The van der Waals surface area contributed by atoms with E-state index in [4.69, 9.17) is 0 Å². The summed E-state index contributed by atoms with van der Waals surface area (Å²) >= 11 is 0. The number of para-hydroxylation sites is 1. The smallest absolute Gasteiger partial charge is 0.322 e. The van der Waals surface area contributed by atoms with E-state index >= 15 is 0 Å². The average molecular weight is 391 g/mol. The summed E-state index contributed by atoms with van der Waals surface area (Å²) in [7, 11) is 0. The largest absolute Gasteiger partial charge is 0.348 e. The van der Waals surface area contributed by atoms with Crippen LogP contribution in [0.1, 0.15) is 43.6 Å². The second kappa shape index (κ2) is 7.39. The van der Waals surface area contributed by atoms with Crippen molar-refractivity contribution in [2.75, 3.05) is 11.9 Å². The molecule has 4 rings (SSSR count). The zero-order chi connectivity index (χ0) is 20.6. The van der Waals surface area contributed by atoms with Crippen LogP contribution in [0.15, 0.2) is 66.9 Å². The van der Waals surface area contributed by atoms with Crippen molar-refractivity contribution in [1.82, 2.24) is 9.47 Å². The van der Waals surface area contributed by atoms with Crippen molar-refractivity contribution < 1.29 is 9.18 Å². The first-order chi connectivity index (χ1) is 13.8. The van der Waals surface area contributed by atoms with Crippen LogP contribution in [0.2, 0.25) is 0 Å². The Morgan fingerprint density at radius 2 is 1.72 bits per heavy atom. The van der Waals surface area contributed by atoms with E-state index < -0.39 is 5.82 Å². The van der Waals surface area contributed by atoms with E-state index in [1.165, 1.54) is 11.6 Å². The highest BCUT2D eigenvalue weighted by molar-refractivity contribution is 5.90. The van der Waals surface area contributed by atoms with Gasteiger partial charge in [0.1, 0.15) is 5.82 Å². The summed E-state index contributed by atoms with van der Waals surface area (Å²) in [6.45, 7) is 7.81. The van der Waals surface area contributed by atoms with E-state index in [-0.39, 0.29) is 23.2 Å². The molecule has 5 heteroatoms. The van der Waals surface area contributed by atoms with E-state index in [2.05, 4.69) is 54.9 Å². The quantitative estimate of drug-likeness (QED) is 0.610. The molecule has 1 aromatic heterocycles. The molecule has 1 aliphatic heterocycles. The molecule has 0 bridgehead atoms. The lowest BCUT2D eigenvalue weighted by atomic mass is 9.86. The molecule has 0 saturated heterocycles. The Morgan fingerprint density at radius 3 is 2.41 bits per heavy atom. The van der Waals surface area contributed by atoms with Crippen LogP contribution in [0.25, 0.3) is 0 Å². The van der Waals surface area contributed by atoms with Gasteiger partial charge in [0.05, 0.1) is 11.7 Å². The summed E-state index contributed by atoms with van der Waals surface area (Å²) in [4.78, 5) is 14.9. The van der Waals surface area contributed by atoms with Crippen LogP contribution >= 0.6 is 0 Å². The minimum Gasteiger partial charge on any atom is -0.348 e. The SMILES string of the molecule is CC(C)(C)c1ccc([C@H]2c3cccn3CCN2C(=O)Nc2ccccc2F)cc1. The molecule has 2 heterocycles. The Balaban J connectivity index is 1.68. The molecule has 0 radical (unpaired) electrons. The number of halogens is 1. The zero-order valence-electron chi connectivity index (χ0n) is 17.0. The van der Waals surface area contributed by atoms with Crippen LogP contribution in [-0.4, -0.2) is 22.0 Å². The van der Waals surface area contributed by atoms with Crippen LogP contribution in [0.5, 0.6) is 0 Å². The molecule has 29 heavy (non-hydrogen) atoms. The Labute approximate surface area is 171 Å². The normalized spacial score (nSPS) is 16.4. The van der Waals surface area contributed by atoms with Crippen LogP contribution in [-0.2, 0) is 12.0 Å². The fourth-order valence-electron chi connectivity index (χ4n) is 3.87. The minimum atomic E-state index is -0.438. The number of urea groups is 1. The van der Waals surface area contributed by atoms with Crippen LogP contribution in [0, 0.1) is 5.82 Å². The third-order valence-corrected chi connectivity index (χ3v) is 5.51. The molecule has 0 unspecified atom stereocenters. The lowest BCUT2D eigenvalue weighted by Crippen LogP contribution is -2.44. The highest BCUT2D eigenvalue weighted by Gasteiger charge is 2.32. The molecule has 0 saturated carbocycles. The molecule has 1 atom stereocenters. The molecule has 3 aromatic rings. The number of rotatable bonds is 2. The Morgan fingerprint density at radius 1 is 1.00 bits per heavy atom. The molecule has 2 amide bonds.